The lowest BCUT2D eigenvalue weighted by atomic mass is 9.82. The highest BCUT2D eigenvalue weighted by molar-refractivity contribution is 8.04. The Labute approximate surface area is 157 Å². The lowest BCUT2D eigenvalue weighted by Crippen LogP contribution is -2.35. The molecule has 0 amide bonds. The van der Waals surface area contributed by atoms with Gasteiger partial charge in [-0.05, 0) is 54.3 Å². The van der Waals surface area contributed by atoms with Gasteiger partial charge in [0.15, 0.2) is 0 Å². The first-order valence-corrected chi connectivity index (χ1v) is 10.9. The number of hydrogen-bond donors (Lipinski definition) is 0. The van der Waals surface area contributed by atoms with Crippen molar-refractivity contribution >= 4 is 11.8 Å². The van der Waals surface area contributed by atoms with E-state index in [4.69, 9.17) is 0 Å². The van der Waals surface area contributed by atoms with E-state index in [0.717, 1.165) is 9.73 Å². The van der Waals surface area contributed by atoms with Crippen molar-refractivity contribution in [3.63, 3.8) is 0 Å². The summed E-state index contributed by atoms with van der Waals surface area (Å²) in [6.07, 6.45) is 9.45. The normalized spacial score (nSPS) is 20.1. The quantitative estimate of drug-likeness (QED) is 0.321. The standard InChI is InChI=1S/C22H44NS/c1-10-22(5,6)20-18(17-19(24-20)21(2,3)4)15-13-11-12-14-16-23(7,8)9/h19H,10-17H2,1-9H3/q+1. The maximum absolute atomic E-state index is 2.45. The highest BCUT2D eigenvalue weighted by Gasteiger charge is 2.38. The molecule has 1 atom stereocenters. The molecular formula is C22H44NS+. The minimum absolute atomic E-state index is 0.365. The van der Waals surface area contributed by atoms with Gasteiger partial charge in [-0.1, -0.05) is 53.5 Å². The summed E-state index contributed by atoms with van der Waals surface area (Å²) in [7, 11) is 6.89. The van der Waals surface area contributed by atoms with E-state index >= 15 is 0 Å². The minimum atomic E-state index is 0.365. The first kappa shape index (κ1) is 22.1. The van der Waals surface area contributed by atoms with Crippen LogP contribution in [0.15, 0.2) is 10.5 Å². The van der Waals surface area contributed by atoms with Crippen LogP contribution in [-0.2, 0) is 0 Å². The molecule has 0 N–H and O–H groups in total. The van der Waals surface area contributed by atoms with Crippen LogP contribution in [-0.4, -0.2) is 37.4 Å². The molecule has 1 aliphatic rings. The van der Waals surface area contributed by atoms with Crippen LogP contribution in [0.2, 0.25) is 0 Å². The third-order valence-corrected chi connectivity index (χ3v) is 7.77. The molecule has 24 heavy (non-hydrogen) atoms. The summed E-state index contributed by atoms with van der Waals surface area (Å²) in [6, 6.07) is 0. The third-order valence-electron chi connectivity index (χ3n) is 5.53. The molecule has 0 bridgehead atoms. The number of thioether (sulfide) groups is 1. The van der Waals surface area contributed by atoms with Crippen molar-refractivity contribution in [1.82, 2.24) is 0 Å². The van der Waals surface area contributed by atoms with Gasteiger partial charge in [-0.15, -0.1) is 11.8 Å². The number of unbranched alkanes of at least 4 members (excludes halogenated alkanes) is 3. The molecule has 2 heteroatoms. The summed E-state index contributed by atoms with van der Waals surface area (Å²) in [6.45, 7) is 15.8. The molecule has 0 fully saturated rings. The van der Waals surface area contributed by atoms with E-state index in [2.05, 4.69) is 74.4 Å². The van der Waals surface area contributed by atoms with E-state index < -0.39 is 0 Å². The summed E-state index contributed by atoms with van der Waals surface area (Å²) < 4.78 is 1.10. The Morgan fingerprint density at radius 1 is 0.958 bits per heavy atom. The number of quaternary nitrogens is 1. The predicted octanol–water partition coefficient (Wildman–Crippen LogP) is 6.89. The average molecular weight is 355 g/mol. The molecule has 1 nitrogen and oxygen atoms in total. The summed E-state index contributed by atoms with van der Waals surface area (Å²) in [4.78, 5) is 1.73. The van der Waals surface area contributed by atoms with Gasteiger partial charge >= 0.3 is 0 Å². The minimum Gasteiger partial charge on any atom is -0.331 e. The van der Waals surface area contributed by atoms with Gasteiger partial charge in [0.2, 0.25) is 0 Å². The number of rotatable bonds is 9. The Morgan fingerprint density at radius 3 is 2.04 bits per heavy atom. The topological polar surface area (TPSA) is 0 Å². The van der Waals surface area contributed by atoms with Crippen molar-refractivity contribution in [2.24, 2.45) is 10.8 Å². The van der Waals surface area contributed by atoms with Gasteiger partial charge in [0.25, 0.3) is 0 Å². The summed E-state index contributed by atoms with van der Waals surface area (Å²) in [5.74, 6) is 0. The number of hydrogen-bond acceptors (Lipinski definition) is 1. The molecule has 1 aliphatic heterocycles. The second-order valence-corrected chi connectivity index (χ2v) is 11.7. The number of allylic oxidation sites excluding steroid dienone is 2. The molecule has 0 spiro atoms. The van der Waals surface area contributed by atoms with Crippen LogP contribution in [0.5, 0.6) is 0 Å². The first-order valence-electron chi connectivity index (χ1n) is 10.1. The average Bonchev–Trinajstić information content (AvgIpc) is 2.86. The zero-order valence-electron chi connectivity index (χ0n) is 18.1. The van der Waals surface area contributed by atoms with Crippen LogP contribution < -0.4 is 0 Å². The third kappa shape index (κ3) is 7.12. The van der Waals surface area contributed by atoms with Crippen molar-refractivity contribution in [3.8, 4) is 0 Å². The molecule has 1 unspecified atom stereocenters. The number of nitrogens with zero attached hydrogens (tertiary/aromatic N) is 1. The van der Waals surface area contributed by atoms with Crippen LogP contribution in [0.1, 0.15) is 86.5 Å². The molecular weight excluding hydrogens is 310 g/mol. The van der Waals surface area contributed by atoms with Crippen molar-refractivity contribution in [2.45, 2.75) is 91.7 Å². The van der Waals surface area contributed by atoms with Gasteiger partial charge in [-0.2, -0.15) is 0 Å². The van der Waals surface area contributed by atoms with Crippen LogP contribution in [0.25, 0.3) is 0 Å². The fourth-order valence-electron chi connectivity index (χ4n) is 3.36. The Hall–Kier alpha value is 0.0500. The van der Waals surface area contributed by atoms with E-state index in [1.807, 2.05) is 0 Å². The van der Waals surface area contributed by atoms with E-state index in [0.29, 0.717) is 10.8 Å². The van der Waals surface area contributed by atoms with Gasteiger partial charge in [-0.3, -0.25) is 0 Å². The van der Waals surface area contributed by atoms with Gasteiger partial charge in [0, 0.05) is 5.25 Å². The van der Waals surface area contributed by atoms with Crippen molar-refractivity contribution < 1.29 is 4.48 Å². The molecule has 1 rings (SSSR count). The zero-order valence-corrected chi connectivity index (χ0v) is 18.9. The van der Waals surface area contributed by atoms with Gasteiger partial charge < -0.3 is 4.48 Å². The molecule has 142 valence electrons. The highest BCUT2D eigenvalue weighted by Crippen LogP contribution is 2.54. The monoisotopic (exact) mass is 354 g/mol. The van der Waals surface area contributed by atoms with E-state index in [9.17, 15) is 0 Å². The van der Waals surface area contributed by atoms with Gasteiger partial charge in [0.1, 0.15) is 0 Å². The molecule has 0 saturated heterocycles. The van der Waals surface area contributed by atoms with E-state index in [-0.39, 0.29) is 0 Å². The molecule has 0 radical (unpaired) electrons. The summed E-state index contributed by atoms with van der Waals surface area (Å²) in [5.41, 5.74) is 2.56. The van der Waals surface area contributed by atoms with Crippen LogP contribution in [0, 0.1) is 10.8 Å². The fraction of sp³-hybridized carbons (Fsp3) is 0.909. The highest BCUT2D eigenvalue weighted by atomic mass is 32.2. The Bertz CT molecular complexity index is 420. The lowest BCUT2D eigenvalue weighted by Gasteiger charge is -2.30. The maximum Gasteiger partial charge on any atom is 0.0780 e. The molecule has 0 aliphatic carbocycles. The molecule has 0 saturated carbocycles. The van der Waals surface area contributed by atoms with Crippen LogP contribution in [0.4, 0.5) is 0 Å². The Kier molecular flexibility index (Phi) is 7.94. The SMILES string of the molecule is CCC(C)(C)C1=C(CCCCCC[N+](C)(C)C)CC(C(C)(C)C)S1. The Morgan fingerprint density at radius 2 is 1.54 bits per heavy atom. The zero-order chi connectivity index (χ0) is 18.6. The second-order valence-electron chi connectivity index (χ2n) is 10.5. The van der Waals surface area contributed by atoms with Crippen molar-refractivity contribution in [1.29, 1.82) is 0 Å². The largest absolute Gasteiger partial charge is 0.331 e. The van der Waals surface area contributed by atoms with Crippen LogP contribution in [0.3, 0.4) is 0 Å². The molecule has 0 aromatic rings. The van der Waals surface area contributed by atoms with E-state index in [1.54, 1.807) is 10.5 Å². The van der Waals surface area contributed by atoms with Gasteiger partial charge in [-0.25, -0.2) is 0 Å². The predicted molar refractivity (Wildman–Crippen MR) is 113 cm³/mol. The van der Waals surface area contributed by atoms with Crippen molar-refractivity contribution in [3.05, 3.63) is 10.5 Å². The van der Waals surface area contributed by atoms with Crippen molar-refractivity contribution in [2.75, 3.05) is 27.7 Å². The van der Waals surface area contributed by atoms with Crippen LogP contribution >= 0.6 is 11.8 Å². The Balaban J connectivity index is 2.56. The maximum atomic E-state index is 2.45. The first-order chi connectivity index (χ1) is 10.9. The summed E-state index contributed by atoms with van der Waals surface area (Å²) >= 11 is 2.21. The summed E-state index contributed by atoms with van der Waals surface area (Å²) in [5, 5.41) is 0.770. The second kappa shape index (κ2) is 8.62. The molecule has 0 aromatic carbocycles. The lowest BCUT2D eigenvalue weighted by molar-refractivity contribution is -0.870. The smallest absolute Gasteiger partial charge is 0.0780 e. The molecule has 1 heterocycles. The van der Waals surface area contributed by atoms with Gasteiger partial charge in [0.05, 0.1) is 27.7 Å². The molecule has 0 aromatic heterocycles. The van der Waals surface area contributed by atoms with E-state index in [1.165, 1.54) is 51.5 Å². The fourth-order valence-corrected chi connectivity index (χ4v) is 5.10.